The van der Waals surface area contributed by atoms with Crippen LogP contribution in [0.4, 0.5) is 0 Å². The first kappa shape index (κ1) is 18.4. The molecule has 3 unspecified atom stereocenters. The van der Waals surface area contributed by atoms with Crippen LogP contribution in [0.3, 0.4) is 0 Å². The maximum absolute atomic E-state index is 12.1. The number of likely N-dealkylation sites (tertiary alicyclic amines) is 1. The zero-order valence-electron chi connectivity index (χ0n) is 14.6. The van der Waals surface area contributed by atoms with Crippen molar-refractivity contribution >= 4 is 5.97 Å². The monoisotopic (exact) mass is 299 g/mol. The number of hydrogen-bond acceptors (Lipinski definition) is 5. The quantitative estimate of drug-likeness (QED) is 0.682. The van der Waals surface area contributed by atoms with E-state index in [4.69, 9.17) is 4.74 Å². The minimum atomic E-state index is -0.615. The predicted octanol–water partition coefficient (Wildman–Crippen LogP) is 1.19. The highest BCUT2D eigenvalue weighted by molar-refractivity contribution is 5.80. The Balaban J connectivity index is 2.52. The molecule has 1 fully saturated rings. The van der Waals surface area contributed by atoms with E-state index in [0.29, 0.717) is 12.6 Å². The highest BCUT2D eigenvalue weighted by Crippen LogP contribution is 2.20. The van der Waals surface area contributed by atoms with Crippen LogP contribution < -0.4 is 5.32 Å². The number of nitrogens with one attached hydrogen (secondary N) is 1. The van der Waals surface area contributed by atoms with Crippen molar-refractivity contribution in [2.45, 2.75) is 45.2 Å². The van der Waals surface area contributed by atoms with Crippen molar-refractivity contribution in [3.05, 3.63) is 0 Å². The van der Waals surface area contributed by atoms with Gasteiger partial charge in [0.1, 0.15) is 5.54 Å². The molecule has 1 N–H and O–H groups in total. The molecule has 5 heteroatoms. The van der Waals surface area contributed by atoms with E-state index in [0.717, 1.165) is 18.9 Å². The Labute approximate surface area is 130 Å². The van der Waals surface area contributed by atoms with Crippen molar-refractivity contribution in [1.29, 1.82) is 0 Å². The van der Waals surface area contributed by atoms with E-state index >= 15 is 0 Å². The number of carbonyl (C=O) groups is 1. The van der Waals surface area contributed by atoms with Crippen LogP contribution in [0, 0.1) is 5.92 Å². The maximum Gasteiger partial charge on any atom is 0.326 e. The van der Waals surface area contributed by atoms with E-state index < -0.39 is 5.54 Å². The van der Waals surface area contributed by atoms with Crippen molar-refractivity contribution < 1.29 is 9.53 Å². The zero-order chi connectivity index (χ0) is 16.0. The number of carbonyl (C=O) groups excluding carboxylic acids is 1. The fraction of sp³-hybridized carbons (Fsp3) is 0.938. The van der Waals surface area contributed by atoms with Crippen LogP contribution in [0.1, 0.15) is 33.6 Å². The van der Waals surface area contributed by atoms with Crippen LogP contribution in [-0.2, 0) is 9.53 Å². The SMILES string of the molecule is CCOC(=O)C(C)(CC(C)N(C)CC1CCN(C)C1)NC. The van der Waals surface area contributed by atoms with Gasteiger partial charge >= 0.3 is 5.97 Å². The minimum absolute atomic E-state index is 0.159. The van der Waals surface area contributed by atoms with Crippen molar-refractivity contribution in [3.63, 3.8) is 0 Å². The number of likely N-dealkylation sites (N-methyl/N-ethyl adjacent to an activating group) is 1. The van der Waals surface area contributed by atoms with Crippen LogP contribution in [0.2, 0.25) is 0 Å². The molecule has 124 valence electrons. The fourth-order valence-electron chi connectivity index (χ4n) is 3.09. The Hall–Kier alpha value is -0.650. The van der Waals surface area contributed by atoms with Gasteiger partial charge in [-0.1, -0.05) is 0 Å². The Morgan fingerprint density at radius 2 is 2.24 bits per heavy atom. The van der Waals surface area contributed by atoms with Gasteiger partial charge in [-0.3, -0.25) is 4.79 Å². The molecule has 0 aromatic rings. The minimum Gasteiger partial charge on any atom is -0.465 e. The van der Waals surface area contributed by atoms with E-state index in [-0.39, 0.29) is 5.97 Å². The molecule has 1 heterocycles. The first-order valence-corrected chi connectivity index (χ1v) is 8.07. The Morgan fingerprint density at radius 3 is 2.71 bits per heavy atom. The van der Waals surface area contributed by atoms with Crippen LogP contribution in [0.25, 0.3) is 0 Å². The summed E-state index contributed by atoms with van der Waals surface area (Å²) in [4.78, 5) is 16.9. The van der Waals surface area contributed by atoms with Crippen LogP contribution in [-0.4, -0.2) is 74.7 Å². The van der Waals surface area contributed by atoms with Gasteiger partial charge in [0.05, 0.1) is 6.61 Å². The molecule has 0 aliphatic carbocycles. The molecular weight excluding hydrogens is 266 g/mol. The number of nitrogens with zero attached hydrogens (tertiary/aromatic N) is 2. The van der Waals surface area contributed by atoms with Gasteiger partial charge in [-0.2, -0.15) is 0 Å². The largest absolute Gasteiger partial charge is 0.465 e. The number of esters is 1. The Kier molecular flexibility index (Phi) is 7.10. The van der Waals surface area contributed by atoms with E-state index in [1.54, 1.807) is 0 Å². The van der Waals surface area contributed by atoms with Crippen molar-refractivity contribution in [2.24, 2.45) is 5.92 Å². The molecule has 1 saturated heterocycles. The molecule has 0 bridgehead atoms. The highest BCUT2D eigenvalue weighted by atomic mass is 16.5. The van der Waals surface area contributed by atoms with Gasteiger partial charge in [-0.15, -0.1) is 0 Å². The molecule has 21 heavy (non-hydrogen) atoms. The molecule has 0 amide bonds. The third-order valence-electron chi connectivity index (χ3n) is 4.77. The molecule has 0 radical (unpaired) electrons. The highest BCUT2D eigenvalue weighted by Gasteiger charge is 2.36. The molecule has 3 atom stereocenters. The van der Waals surface area contributed by atoms with Crippen molar-refractivity contribution in [2.75, 3.05) is 47.4 Å². The second-order valence-electron chi connectivity index (χ2n) is 6.71. The number of ether oxygens (including phenoxy) is 1. The lowest BCUT2D eigenvalue weighted by molar-refractivity contribution is -0.151. The predicted molar refractivity (Wildman–Crippen MR) is 86.4 cm³/mol. The average Bonchev–Trinajstić information content (AvgIpc) is 2.84. The van der Waals surface area contributed by atoms with Gasteiger partial charge in [0.2, 0.25) is 0 Å². The summed E-state index contributed by atoms with van der Waals surface area (Å²) in [6, 6.07) is 0.331. The third kappa shape index (κ3) is 5.24. The zero-order valence-corrected chi connectivity index (χ0v) is 14.6. The van der Waals surface area contributed by atoms with E-state index in [2.05, 4.69) is 36.1 Å². The standard InChI is InChI=1S/C16H33N3O2/c1-7-21-15(20)16(3,17-4)10-13(2)19(6)12-14-8-9-18(5)11-14/h13-14,17H,7-12H2,1-6H3. The smallest absolute Gasteiger partial charge is 0.326 e. The first-order chi connectivity index (χ1) is 9.82. The molecule has 1 aliphatic heterocycles. The lowest BCUT2D eigenvalue weighted by atomic mass is 9.92. The third-order valence-corrected chi connectivity index (χ3v) is 4.77. The van der Waals surface area contributed by atoms with Gasteiger partial charge in [0.15, 0.2) is 0 Å². The lowest BCUT2D eigenvalue weighted by Crippen LogP contribution is -2.52. The summed E-state index contributed by atoms with van der Waals surface area (Å²) in [5, 5.41) is 3.14. The molecule has 0 aromatic carbocycles. The van der Waals surface area contributed by atoms with Gasteiger partial charge < -0.3 is 19.9 Å². The first-order valence-electron chi connectivity index (χ1n) is 8.07. The molecule has 0 aromatic heterocycles. The fourth-order valence-corrected chi connectivity index (χ4v) is 3.09. The number of hydrogen-bond donors (Lipinski definition) is 1. The number of rotatable bonds is 8. The molecule has 0 spiro atoms. The maximum atomic E-state index is 12.1. The molecule has 1 aliphatic rings. The van der Waals surface area contributed by atoms with Crippen LogP contribution in [0.15, 0.2) is 0 Å². The van der Waals surface area contributed by atoms with E-state index in [1.807, 2.05) is 20.9 Å². The topological polar surface area (TPSA) is 44.8 Å². The summed E-state index contributed by atoms with van der Waals surface area (Å²) < 4.78 is 5.20. The second-order valence-corrected chi connectivity index (χ2v) is 6.71. The Morgan fingerprint density at radius 1 is 1.57 bits per heavy atom. The van der Waals surface area contributed by atoms with Gasteiger partial charge in [0.25, 0.3) is 0 Å². The normalized spacial score (nSPS) is 24.0. The van der Waals surface area contributed by atoms with E-state index in [9.17, 15) is 4.79 Å². The van der Waals surface area contributed by atoms with Crippen molar-refractivity contribution in [3.8, 4) is 0 Å². The van der Waals surface area contributed by atoms with Gasteiger partial charge in [0, 0.05) is 19.1 Å². The molecule has 0 saturated carbocycles. The van der Waals surface area contributed by atoms with Crippen molar-refractivity contribution in [1.82, 2.24) is 15.1 Å². The summed E-state index contributed by atoms with van der Waals surface area (Å²) in [6.45, 7) is 9.86. The van der Waals surface area contributed by atoms with E-state index in [1.165, 1.54) is 19.5 Å². The molecule has 5 nitrogen and oxygen atoms in total. The summed E-state index contributed by atoms with van der Waals surface area (Å²) in [5.41, 5.74) is -0.615. The second kappa shape index (κ2) is 8.11. The Bertz CT molecular complexity index is 337. The molecular formula is C16H33N3O2. The van der Waals surface area contributed by atoms with Gasteiger partial charge in [-0.25, -0.2) is 0 Å². The summed E-state index contributed by atoms with van der Waals surface area (Å²) in [7, 11) is 6.17. The average molecular weight is 299 g/mol. The summed E-state index contributed by atoms with van der Waals surface area (Å²) >= 11 is 0. The summed E-state index contributed by atoms with van der Waals surface area (Å²) in [6.07, 6.45) is 2.02. The molecule has 1 rings (SSSR count). The van der Waals surface area contributed by atoms with Crippen LogP contribution in [0.5, 0.6) is 0 Å². The van der Waals surface area contributed by atoms with Crippen LogP contribution >= 0.6 is 0 Å². The van der Waals surface area contributed by atoms with Gasteiger partial charge in [-0.05, 0) is 67.2 Å². The summed E-state index contributed by atoms with van der Waals surface area (Å²) in [5.74, 6) is 0.583. The lowest BCUT2D eigenvalue weighted by Gasteiger charge is -2.34.